The Balaban J connectivity index is 1.95. The molecule has 3 aromatic carbocycles. The van der Waals surface area contributed by atoms with Crippen molar-refractivity contribution >= 4 is 38.9 Å². The summed E-state index contributed by atoms with van der Waals surface area (Å²) in [6.07, 6.45) is 6.86. The summed E-state index contributed by atoms with van der Waals surface area (Å²) in [5.41, 5.74) is 1.64. The van der Waals surface area contributed by atoms with Crippen molar-refractivity contribution < 1.29 is 13.2 Å². The Labute approximate surface area is 187 Å². The van der Waals surface area contributed by atoms with Gasteiger partial charge in [-0.1, -0.05) is 47.9 Å². The molecule has 3 rings (SSSR count). The summed E-state index contributed by atoms with van der Waals surface area (Å²) in [6, 6.07) is 19.2. The van der Waals surface area contributed by atoms with Gasteiger partial charge in [0, 0.05) is 16.8 Å². The molecule has 0 aliphatic carbocycles. The van der Waals surface area contributed by atoms with Gasteiger partial charge in [0.1, 0.15) is 0 Å². The van der Waals surface area contributed by atoms with E-state index in [9.17, 15) is 13.2 Å². The third kappa shape index (κ3) is 4.97. The fourth-order valence-corrected chi connectivity index (χ4v) is 4.70. The number of para-hydroxylation sites is 1. The van der Waals surface area contributed by atoms with E-state index in [1.807, 2.05) is 0 Å². The Morgan fingerprint density at radius 3 is 2.55 bits per heavy atom. The van der Waals surface area contributed by atoms with Gasteiger partial charge in [0.25, 0.3) is 15.9 Å². The number of hydrogen-bond acceptors (Lipinski definition) is 3. The quantitative estimate of drug-likeness (QED) is 0.409. The number of halogens is 1. The van der Waals surface area contributed by atoms with Crippen molar-refractivity contribution in [1.82, 2.24) is 0 Å². The van der Waals surface area contributed by atoms with Crippen molar-refractivity contribution in [2.24, 2.45) is 0 Å². The van der Waals surface area contributed by atoms with Crippen molar-refractivity contribution in [3.8, 4) is 12.3 Å². The van der Waals surface area contributed by atoms with Gasteiger partial charge in [-0.25, -0.2) is 8.42 Å². The highest BCUT2D eigenvalue weighted by molar-refractivity contribution is 7.92. The van der Waals surface area contributed by atoms with Crippen LogP contribution in [-0.4, -0.2) is 20.9 Å². The zero-order valence-corrected chi connectivity index (χ0v) is 18.0. The van der Waals surface area contributed by atoms with Gasteiger partial charge in [0.2, 0.25) is 0 Å². The molecule has 0 spiro atoms. The number of rotatable bonds is 7. The Bertz CT molecular complexity index is 1280. The van der Waals surface area contributed by atoms with E-state index in [-0.39, 0.29) is 22.0 Å². The maximum Gasteiger partial charge on any atom is 0.264 e. The average Bonchev–Trinajstić information content (AvgIpc) is 2.78. The number of terminal acetylenes is 1. The van der Waals surface area contributed by atoms with Crippen LogP contribution in [0.4, 0.5) is 11.4 Å². The normalized spacial score (nSPS) is 10.7. The van der Waals surface area contributed by atoms with E-state index in [2.05, 4.69) is 17.8 Å². The molecule has 0 unspecified atom stereocenters. The van der Waals surface area contributed by atoms with Crippen molar-refractivity contribution in [3.05, 3.63) is 102 Å². The Hall–Kier alpha value is -3.53. The van der Waals surface area contributed by atoms with Gasteiger partial charge in [-0.05, 0) is 48.5 Å². The molecule has 31 heavy (non-hydrogen) atoms. The maximum atomic E-state index is 13.4. The molecule has 0 atom stereocenters. The molecule has 0 aliphatic heterocycles. The molecule has 156 valence electrons. The standard InChI is InChI=1S/C24H19ClN2O3S/c1-3-15-27(23-14-6-5-13-22(23)25)31(29,30)21-12-8-10-19(17-21)24(28)26-20-11-7-9-18(4-2)16-20/h2-3,5-14,16-17H,1,15H2,(H,26,28). The molecule has 1 amide bonds. The lowest BCUT2D eigenvalue weighted by Gasteiger charge is -2.24. The number of carbonyl (C=O) groups is 1. The summed E-state index contributed by atoms with van der Waals surface area (Å²) >= 11 is 6.23. The molecule has 1 N–H and O–H groups in total. The average molecular weight is 451 g/mol. The van der Waals surface area contributed by atoms with Crippen LogP contribution in [0.25, 0.3) is 0 Å². The lowest BCUT2D eigenvalue weighted by atomic mass is 10.2. The third-order valence-electron chi connectivity index (χ3n) is 4.39. The molecule has 0 aromatic heterocycles. The van der Waals surface area contributed by atoms with Crippen LogP contribution in [0.3, 0.4) is 0 Å². The highest BCUT2D eigenvalue weighted by Crippen LogP contribution is 2.30. The fourth-order valence-electron chi connectivity index (χ4n) is 2.91. The smallest absolute Gasteiger partial charge is 0.264 e. The lowest BCUT2D eigenvalue weighted by molar-refractivity contribution is 0.102. The summed E-state index contributed by atoms with van der Waals surface area (Å²) in [4.78, 5) is 12.7. The van der Waals surface area contributed by atoms with Gasteiger partial charge >= 0.3 is 0 Å². The van der Waals surface area contributed by atoms with Gasteiger partial charge in [-0.3, -0.25) is 9.10 Å². The minimum absolute atomic E-state index is 0.0152. The summed E-state index contributed by atoms with van der Waals surface area (Å²) in [5, 5.41) is 3.01. The van der Waals surface area contributed by atoms with Crippen LogP contribution in [0.15, 0.2) is 90.3 Å². The van der Waals surface area contributed by atoms with E-state index in [0.717, 1.165) is 4.31 Å². The molecule has 0 bridgehead atoms. The second kappa shape index (κ2) is 9.52. The van der Waals surface area contributed by atoms with Gasteiger partial charge in [0.15, 0.2) is 0 Å². The molecule has 0 saturated carbocycles. The molecule has 0 radical (unpaired) electrons. The first-order valence-electron chi connectivity index (χ1n) is 9.23. The summed E-state index contributed by atoms with van der Waals surface area (Å²) in [5.74, 6) is 2.04. The number of nitrogens with one attached hydrogen (secondary N) is 1. The van der Waals surface area contributed by atoms with Crippen LogP contribution in [0.1, 0.15) is 15.9 Å². The molecule has 5 nitrogen and oxygen atoms in total. The van der Waals surface area contributed by atoms with Crippen LogP contribution in [0.5, 0.6) is 0 Å². The molecule has 0 saturated heterocycles. The number of benzene rings is 3. The summed E-state index contributed by atoms with van der Waals surface area (Å²) in [6.45, 7) is 3.66. The molecule has 0 fully saturated rings. The number of nitrogens with zero attached hydrogens (tertiary/aromatic N) is 1. The molecular weight excluding hydrogens is 432 g/mol. The van der Waals surface area contributed by atoms with E-state index < -0.39 is 15.9 Å². The van der Waals surface area contributed by atoms with Crippen molar-refractivity contribution in [1.29, 1.82) is 0 Å². The molecule has 0 heterocycles. The van der Waals surface area contributed by atoms with Crippen LogP contribution in [-0.2, 0) is 10.0 Å². The molecule has 7 heteroatoms. The first kappa shape index (κ1) is 22.2. The lowest BCUT2D eigenvalue weighted by Crippen LogP contribution is -2.31. The largest absolute Gasteiger partial charge is 0.322 e. The van der Waals surface area contributed by atoms with Gasteiger partial charge in [-0.15, -0.1) is 13.0 Å². The first-order valence-corrected chi connectivity index (χ1v) is 11.0. The van der Waals surface area contributed by atoms with Crippen molar-refractivity contribution in [3.63, 3.8) is 0 Å². The van der Waals surface area contributed by atoms with E-state index in [1.165, 1.54) is 30.3 Å². The zero-order valence-electron chi connectivity index (χ0n) is 16.5. The third-order valence-corrected chi connectivity index (χ3v) is 6.48. The van der Waals surface area contributed by atoms with E-state index in [0.29, 0.717) is 16.9 Å². The monoisotopic (exact) mass is 450 g/mol. The van der Waals surface area contributed by atoms with Gasteiger partial charge in [0.05, 0.1) is 22.2 Å². The summed E-state index contributed by atoms with van der Waals surface area (Å²) < 4.78 is 27.9. The number of anilines is 2. The minimum Gasteiger partial charge on any atom is -0.322 e. The Morgan fingerprint density at radius 2 is 1.84 bits per heavy atom. The number of sulfonamides is 1. The van der Waals surface area contributed by atoms with Crippen molar-refractivity contribution in [2.45, 2.75) is 4.90 Å². The van der Waals surface area contributed by atoms with Gasteiger partial charge in [-0.2, -0.15) is 0 Å². The summed E-state index contributed by atoms with van der Waals surface area (Å²) in [7, 11) is -4.01. The molecule has 0 aliphatic rings. The van der Waals surface area contributed by atoms with Crippen LogP contribution in [0.2, 0.25) is 5.02 Å². The highest BCUT2D eigenvalue weighted by atomic mass is 35.5. The SMILES string of the molecule is C#Cc1cccc(NC(=O)c2cccc(S(=O)(=O)N(CC=C)c3ccccc3Cl)c2)c1. The Morgan fingerprint density at radius 1 is 1.10 bits per heavy atom. The van der Waals surface area contributed by atoms with E-state index in [4.69, 9.17) is 18.0 Å². The Kier molecular flexibility index (Phi) is 6.81. The van der Waals surface area contributed by atoms with Crippen LogP contribution >= 0.6 is 11.6 Å². The maximum absolute atomic E-state index is 13.4. The second-order valence-corrected chi connectivity index (χ2v) is 8.75. The minimum atomic E-state index is -4.01. The van der Waals surface area contributed by atoms with Crippen molar-refractivity contribution in [2.75, 3.05) is 16.2 Å². The van der Waals surface area contributed by atoms with Crippen LogP contribution < -0.4 is 9.62 Å². The number of hydrogen-bond donors (Lipinski definition) is 1. The predicted molar refractivity (Wildman–Crippen MR) is 125 cm³/mol. The number of carbonyl (C=O) groups excluding carboxylic acids is 1. The fraction of sp³-hybridized carbons (Fsp3) is 0.0417. The number of amides is 1. The van der Waals surface area contributed by atoms with Crippen LogP contribution in [0, 0.1) is 12.3 Å². The highest BCUT2D eigenvalue weighted by Gasteiger charge is 2.26. The van der Waals surface area contributed by atoms with E-state index in [1.54, 1.807) is 48.5 Å². The molecular formula is C24H19ClN2O3S. The van der Waals surface area contributed by atoms with E-state index >= 15 is 0 Å². The second-order valence-electron chi connectivity index (χ2n) is 6.48. The topological polar surface area (TPSA) is 66.5 Å². The first-order chi connectivity index (χ1) is 14.9. The zero-order chi connectivity index (χ0) is 22.4. The van der Waals surface area contributed by atoms with Gasteiger partial charge < -0.3 is 5.32 Å². The predicted octanol–water partition coefficient (Wildman–Crippen LogP) is 4.95. The molecule has 3 aromatic rings.